The van der Waals surface area contributed by atoms with Gasteiger partial charge in [-0.1, -0.05) is 41.9 Å². The lowest BCUT2D eigenvalue weighted by Crippen LogP contribution is -2.14. The summed E-state index contributed by atoms with van der Waals surface area (Å²) in [5.41, 5.74) is 7.70. The van der Waals surface area contributed by atoms with Crippen LogP contribution in [0.2, 0.25) is 5.02 Å². The van der Waals surface area contributed by atoms with Gasteiger partial charge in [0, 0.05) is 11.1 Å². The molecule has 0 aliphatic carbocycles. The van der Waals surface area contributed by atoms with Gasteiger partial charge in [-0.25, -0.2) is 0 Å². The maximum atomic E-state index is 12.7. The van der Waals surface area contributed by atoms with E-state index in [1.54, 1.807) is 12.1 Å². The first-order chi connectivity index (χ1) is 9.77. The maximum absolute atomic E-state index is 12.7. The van der Waals surface area contributed by atoms with Gasteiger partial charge in [0.2, 0.25) is 0 Å². The standard InChI is InChI=1S/C16H15ClF3N/c1-10-5-6-12(9-14(10)17)15(21)8-11-3-2-4-13(7-11)16(18,19)20/h2-7,9,15H,8,21H2,1H3. The van der Waals surface area contributed by atoms with Crippen LogP contribution in [0, 0.1) is 6.92 Å². The van der Waals surface area contributed by atoms with Gasteiger partial charge < -0.3 is 5.73 Å². The minimum absolute atomic E-state index is 0.323. The summed E-state index contributed by atoms with van der Waals surface area (Å²) in [6.45, 7) is 1.88. The molecular weight excluding hydrogens is 299 g/mol. The molecule has 21 heavy (non-hydrogen) atoms. The molecule has 0 radical (unpaired) electrons. The lowest BCUT2D eigenvalue weighted by Gasteiger charge is -2.15. The predicted molar refractivity (Wildman–Crippen MR) is 78.3 cm³/mol. The van der Waals surface area contributed by atoms with E-state index in [1.807, 2.05) is 19.1 Å². The number of hydrogen-bond acceptors (Lipinski definition) is 1. The van der Waals surface area contributed by atoms with Crippen molar-refractivity contribution in [2.24, 2.45) is 5.73 Å². The molecule has 5 heteroatoms. The molecule has 0 bridgehead atoms. The van der Waals surface area contributed by atoms with Crippen molar-refractivity contribution >= 4 is 11.6 Å². The number of aryl methyl sites for hydroxylation is 1. The monoisotopic (exact) mass is 313 g/mol. The van der Waals surface area contributed by atoms with Gasteiger partial charge in [0.25, 0.3) is 0 Å². The zero-order chi connectivity index (χ0) is 15.6. The average Bonchev–Trinajstić information content (AvgIpc) is 2.41. The van der Waals surface area contributed by atoms with Crippen molar-refractivity contribution in [2.75, 3.05) is 0 Å². The molecule has 2 rings (SSSR count). The van der Waals surface area contributed by atoms with Gasteiger partial charge >= 0.3 is 6.18 Å². The van der Waals surface area contributed by atoms with Gasteiger partial charge in [-0.2, -0.15) is 13.2 Å². The minimum atomic E-state index is -4.34. The SMILES string of the molecule is Cc1ccc(C(N)Cc2cccc(C(F)(F)F)c2)cc1Cl. The Hall–Kier alpha value is -1.52. The van der Waals surface area contributed by atoms with Gasteiger partial charge in [0.1, 0.15) is 0 Å². The summed E-state index contributed by atoms with van der Waals surface area (Å²) in [4.78, 5) is 0. The fraction of sp³-hybridized carbons (Fsp3) is 0.250. The summed E-state index contributed by atoms with van der Waals surface area (Å²) in [7, 11) is 0. The summed E-state index contributed by atoms with van der Waals surface area (Å²) in [6, 6.07) is 10.3. The van der Waals surface area contributed by atoms with Crippen LogP contribution in [0.4, 0.5) is 13.2 Å². The fourth-order valence-corrected chi connectivity index (χ4v) is 2.28. The Morgan fingerprint density at radius 2 is 1.86 bits per heavy atom. The van der Waals surface area contributed by atoms with Crippen molar-refractivity contribution in [1.29, 1.82) is 0 Å². The maximum Gasteiger partial charge on any atom is 0.416 e. The second-order valence-corrected chi connectivity index (χ2v) is 5.42. The fourth-order valence-electron chi connectivity index (χ4n) is 2.09. The molecule has 0 aromatic heterocycles. The molecular formula is C16H15ClF3N. The van der Waals surface area contributed by atoms with Crippen molar-refractivity contribution in [3.63, 3.8) is 0 Å². The van der Waals surface area contributed by atoms with Gasteiger partial charge in [-0.3, -0.25) is 0 Å². The van der Waals surface area contributed by atoms with Gasteiger partial charge in [-0.15, -0.1) is 0 Å². The Labute approximate surface area is 126 Å². The molecule has 1 atom stereocenters. The molecule has 112 valence electrons. The number of nitrogens with two attached hydrogens (primary N) is 1. The molecule has 0 saturated heterocycles. The topological polar surface area (TPSA) is 26.0 Å². The van der Waals surface area contributed by atoms with E-state index in [1.165, 1.54) is 6.07 Å². The van der Waals surface area contributed by atoms with E-state index in [-0.39, 0.29) is 0 Å². The first-order valence-electron chi connectivity index (χ1n) is 6.45. The molecule has 1 unspecified atom stereocenters. The Balaban J connectivity index is 2.19. The highest BCUT2D eigenvalue weighted by molar-refractivity contribution is 6.31. The second-order valence-electron chi connectivity index (χ2n) is 5.02. The molecule has 0 aliphatic heterocycles. The zero-order valence-corrected chi connectivity index (χ0v) is 12.2. The zero-order valence-electron chi connectivity index (χ0n) is 11.4. The van der Waals surface area contributed by atoms with Crippen molar-refractivity contribution in [1.82, 2.24) is 0 Å². The van der Waals surface area contributed by atoms with Gasteiger partial charge in [0.15, 0.2) is 0 Å². The Bertz CT molecular complexity index is 638. The smallest absolute Gasteiger partial charge is 0.324 e. The molecule has 2 aromatic rings. The Morgan fingerprint density at radius 3 is 2.48 bits per heavy atom. The number of halogens is 4. The molecule has 0 heterocycles. The third-order valence-electron chi connectivity index (χ3n) is 3.33. The van der Waals surface area contributed by atoms with Crippen LogP contribution in [-0.4, -0.2) is 0 Å². The first-order valence-corrected chi connectivity index (χ1v) is 6.83. The quantitative estimate of drug-likeness (QED) is 0.856. The number of rotatable bonds is 3. The molecule has 0 amide bonds. The number of hydrogen-bond donors (Lipinski definition) is 1. The van der Waals surface area contributed by atoms with E-state index in [0.29, 0.717) is 17.0 Å². The van der Waals surface area contributed by atoms with Crippen molar-refractivity contribution in [3.8, 4) is 0 Å². The summed E-state index contributed by atoms with van der Waals surface area (Å²) in [5.74, 6) is 0. The molecule has 2 aromatic carbocycles. The molecule has 1 nitrogen and oxygen atoms in total. The molecule has 0 saturated carbocycles. The summed E-state index contributed by atoms with van der Waals surface area (Å²) in [5, 5.41) is 0.604. The molecule has 0 spiro atoms. The lowest BCUT2D eigenvalue weighted by molar-refractivity contribution is -0.137. The normalized spacial score (nSPS) is 13.2. The van der Waals surface area contributed by atoms with E-state index in [2.05, 4.69) is 0 Å². The summed E-state index contributed by atoms with van der Waals surface area (Å²) < 4.78 is 38.0. The minimum Gasteiger partial charge on any atom is -0.324 e. The van der Waals surface area contributed by atoms with Crippen LogP contribution in [0.25, 0.3) is 0 Å². The predicted octanol–water partition coefficient (Wildman–Crippen LogP) is 4.91. The van der Waals surface area contributed by atoms with Gasteiger partial charge in [-0.05, 0) is 42.2 Å². The van der Waals surface area contributed by atoms with E-state index in [9.17, 15) is 13.2 Å². The molecule has 0 fully saturated rings. The largest absolute Gasteiger partial charge is 0.416 e. The van der Waals surface area contributed by atoms with Crippen LogP contribution in [0.1, 0.15) is 28.3 Å². The highest BCUT2D eigenvalue weighted by Crippen LogP contribution is 2.30. The molecule has 2 N–H and O–H groups in total. The van der Waals surface area contributed by atoms with Crippen LogP contribution in [0.5, 0.6) is 0 Å². The third-order valence-corrected chi connectivity index (χ3v) is 3.74. The van der Waals surface area contributed by atoms with Crippen molar-refractivity contribution in [2.45, 2.75) is 25.6 Å². The Morgan fingerprint density at radius 1 is 1.14 bits per heavy atom. The average molecular weight is 314 g/mol. The number of alkyl halides is 3. The van der Waals surface area contributed by atoms with E-state index in [4.69, 9.17) is 17.3 Å². The number of benzene rings is 2. The van der Waals surface area contributed by atoms with Crippen LogP contribution in [-0.2, 0) is 12.6 Å². The first kappa shape index (κ1) is 15.9. The third kappa shape index (κ3) is 3.99. The summed E-state index contributed by atoms with van der Waals surface area (Å²) in [6.07, 6.45) is -4.02. The van der Waals surface area contributed by atoms with Crippen molar-refractivity contribution < 1.29 is 13.2 Å². The second kappa shape index (κ2) is 6.08. The van der Waals surface area contributed by atoms with Crippen LogP contribution < -0.4 is 5.73 Å². The van der Waals surface area contributed by atoms with Crippen LogP contribution in [0.15, 0.2) is 42.5 Å². The Kier molecular flexibility index (Phi) is 4.59. The van der Waals surface area contributed by atoms with Crippen LogP contribution >= 0.6 is 11.6 Å². The summed E-state index contributed by atoms with van der Waals surface area (Å²) >= 11 is 6.04. The van der Waals surface area contributed by atoms with E-state index in [0.717, 1.165) is 23.3 Å². The van der Waals surface area contributed by atoms with Crippen LogP contribution in [0.3, 0.4) is 0 Å². The lowest BCUT2D eigenvalue weighted by atomic mass is 9.97. The van der Waals surface area contributed by atoms with E-state index >= 15 is 0 Å². The highest BCUT2D eigenvalue weighted by atomic mass is 35.5. The van der Waals surface area contributed by atoms with Gasteiger partial charge in [0.05, 0.1) is 5.56 Å². The highest BCUT2D eigenvalue weighted by Gasteiger charge is 2.30. The molecule has 0 aliphatic rings. The van der Waals surface area contributed by atoms with Crippen molar-refractivity contribution in [3.05, 3.63) is 69.7 Å². The van der Waals surface area contributed by atoms with E-state index < -0.39 is 17.8 Å².